The summed E-state index contributed by atoms with van der Waals surface area (Å²) in [6.45, 7) is 20.5. The van der Waals surface area contributed by atoms with Crippen molar-refractivity contribution in [3.05, 3.63) is 36.5 Å². The maximum Gasteiger partial charge on any atom is 0.309 e. The Morgan fingerprint density at radius 1 is 1.07 bits per heavy atom. The van der Waals surface area contributed by atoms with Crippen LogP contribution in [0, 0.1) is 28.6 Å². The summed E-state index contributed by atoms with van der Waals surface area (Å²) in [5.74, 6) is -2.49. The largest absolute Gasteiger partial charge is 0.461 e. The number of rotatable bonds is 12. The van der Waals surface area contributed by atoms with Crippen LogP contribution in [0.5, 0.6) is 0 Å². The molecule has 0 aromatic carbocycles. The minimum atomic E-state index is -1.22. The quantitative estimate of drug-likeness (QED) is 0.118. The van der Waals surface area contributed by atoms with Crippen LogP contribution in [0.15, 0.2) is 36.5 Å². The monoisotopic (exact) mass is 588 g/mol. The lowest BCUT2D eigenvalue weighted by Gasteiger charge is -2.61. The fraction of sp³-hybridized carbons (Fsp3) is 0.697. The van der Waals surface area contributed by atoms with Crippen molar-refractivity contribution < 1.29 is 42.9 Å². The molecule has 1 heterocycles. The van der Waals surface area contributed by atoms with Crippen LogP contribution in [-0.2, 0) is 42.9 Å². The number of esters is 4. The summed E-state index contributed by atoms with van der Waals surface area (Å²) >= 11 is 0. The highest BCUT2D eigenvalue weighted by Crippen LogP contribution is 2.68. The van der Waals surface area contributed by atoms with Gasteiger partial charge >= 0.3 is 23.9 Å². The van der Waals surface area contributed by atoms with E-state index in [1.54, 1.807) is 12.2 Å². The lowest BCUT2D eigenvalue weighted by Crippen LogP contribution is -2.64. The van der Waals surface area contributed by atoms with Crippen molar-refractivity contribution in [2.24, 2.45) is 28.6 Å². The van der Waals surface area contributed by atoms with E-state index in [0.29, 0.717) is 44.1 Å². The highest BCUT2D eigenvalue weighted by Gasteiger charge is 2.72. The van der Waals surface area contributed by atoms with Gasteiger partial charge in [-0.05, 0) is 61.9 Å². The minimum Gasteiger partial charge on any atom is -0.461 e. The molecule has 0 aromatic heterocycles. The third kappa shape index (κ3) is 6.51. The molecule has 0 aromatic rings. The first-order valence-electron chi connectivity index (χ1n) is 15.2. The average molecular weight is 589 g/mol. The first-order valence-corrected chi connectivity index (χ1v) is 15.2. The van der Waals surface area contributed by atoms with Crippen molar-refractivity contribution in [1.29, 1.82) is 0 Å². The van der Waals surface area contributed by atoms with Crippen LogP contribution in [0.25, 0.3) is 0 Å². The smallest absolute Gasteiger partial charge is 0.309 e. The zero-order valence-corrected chi connectivity index (χ0v) is 26.2. The maximum absolute atomic E-state index is 13.0. The van der Waals surface area contributed by atoms with Crippen molar-refractivity contribution in [2.45, 2.75) is 118 Å². The molecule has 0 bridgehead atoms. The van der Waals surface area contributed by atoms with E-state index in [2.05, 4.69) is 27.0 Å². The SMILES string of the molecule is C=CC(=C)CC[C@]1(C)[C@H]2C[C@H](OC(=O)[C@@H](C)CC)C=C3[C@H](OC(C)=O)O[C@H](OC(C)=O)[C@@]32[C@H](OC(=O)CCC)C[C@@H]1C. The molecule has 1 spiro atoms. The topological polar surface area (TPSA) is 114 Å². The van der Waals surface area contributed by atoms with Gasteiger partial charge in [0, 0.05) is 25.8 Å². The number of ether oxygens (including phenoxy) is 5. The van der Waals surface area contributed by atoms with Gasteiger partial charge in [0.2, 0.25) is 12.6 Å². The number of carbonyl (C=O) groups excluding carboxylic acids is 4. The lowest BCUT2D eigenvalue weighted by atomic mass is 9.45. The highest BCUT2D eigenvalue weighted by molar-refractivity contribution is 5.72. The molecule has 42 heavy (non-hydrogen) atoms. The summed E-state index contributed by atoms with van der Waals surface area (Å²) in [6.07, 6.45) is 3.35. The number of carbonyl (C=O) groups is 4. The number of hydrogen-bond acceptors (Lipinski definition) is 9. The van der Waals surface area contributed by atoms with E-state index in [1.165, 1.54) is 13.8 Å². The van der Waals surface area contributed by atoms with E-state index >= 15 is 0 Å². The van der Waals surface area contributed by atoms with Crippen molar-refractivity contribution in [3.63, 3.8) is 0 Å². The molecule has 1 saturated carbocycles. The Kier molecular flexibility index (Phi) is 10.8. The molecule has 3 rings (SSSR count). The maximum atomic E-state index is 13.0. The van der Waals surface area contributed by atoms with Crippen LogP contribution in [0.2, 0.25) is 0 Å². The predicted molar refractivity (Wildman–Crippen MR) is 155 cm³/mol. The molecule has 0 unspecified atom stereocenters. The van der Waals surface area contributed by atoms with E-state index in [0.717, 1.165) is 5.57 Å². The van der Waals surface area contributed by atoms with Crippen molar-refractivity contribution in [2.75, 3.05) is 0 Å². The van der Waals surface area contributed by atoms with Crippen LogP contribution < -0.4 is 0 Å². The molecule has 0 radical (unpaired) electrons. The highest BCUT2D eigenvalue weighted by atomic mass is 16.8. The van der Waals surface area contributed by atoms with Crippen LogP contribution >= 0.6 is 0 Å². The predicted octanol–water partition coefficient (Wildman–Crippen LogP) is 5.97. The van der Waals surface area contributed by atoms with Gasteiger partial charge in [-0.2, -0.15) is 0 Å². The number of hydrogen-bond donors (Lipinski definition) is 0. The molecule has 9 atom stereocenters. The second-order valence-corrected chi connectivity index (χ2v) is 12.4. The van der Waals surface area contributed by atoms with E-state index in [4.69, 9.17) is 23.7 Å². The third-order valence-corrected chi connectivity index (χ3v) is 9.65. The minimum absolute atomic E-state index is 0.0428. The van der Waals surface area contributed by atoms with Crippen LogP contribution in [0.1, 0.15) is 93.4 Å². The van der Waals surface area contributed by atoms with Gasteiger partial charge in [-0.15, -0.1) is 0 Å². The second kappa shape index (κ2) is 13.6. The molecular formula is C33H48O9. The van der Waals surface area contributed by atoms with Gasteiger partial charge in [0.25, 0.3) is 0 Å². The zero-order chi connectivity index (χ0) is 31.4. The summed E-state index contributed by atoms with van der Waals surface area (Å²) in [5.41, 5.74) is -0.229. The van der Waals surface area contributed by atoms with Gasteiger partial charge < -0.3 is 18.9 Å². The second-order valence-electron chi connectivity index (χ2n) is 12.4. The van der Waals surface area contributed by atoms with Crippen LogP contribution in [0.4, 0.5) is 0 Å². The molecule has 9 nitrogen and oxygen atoms in total. The summed E-state index contributed by atoms with van der Waals surface area (Å²) in [4.78, 5) is 50.8. The molecule has 1 aliphatic heterocycles. The molecule has 2 fully saturated rings. The fourth-order valence-electron chi connectivity index (χ4n) is 6.98. The van der Waals surface area contributed by atoms with Gasteiger partial charge in [-0.3, -0.25) is 23.9 Å². The van der Waals surface area contributed by atoms with E-state index < -0.39 is 47.6 Å². The van der Waals surface area contributed by atoms with E-state index in [1.807, 2.05) is 20.8 Å². The van der Waals surface area contributed by atoms with Gasteiger partial charge in [-0.1, -0.05) is 59.4 Å². The van der Waals surface area contributed by atoms with E-state index in [9.17, 15) is 19.2 Å². The Labute approximate surface area is 250 Å². The number of allylic oxidation sites excluding steroid dienone is 2. The Bertz CT molecular complexity index is 1110. The molecule has 9 heteroatoms. The third-order valence-electron chi connectivity index (χ3n) is 9.65. The van der Waals surface area contributed by atoms with Gasteiger partial charge in [0.15, 0.2) is 0 Å². The van der Waals surface area contributed by atoms with Gasteiger partial charge in [0.05, 0.1) is 5.92 Å². The van der Waals surface area contributed by atoms with Gasteiger partial charge in [0.1, 0.15) is 17.6 Å². The normalized spacial score (nSPS) is 34.1. The average Bonchev–Trinajstić information content (AvgIpc) is 3.21. The molecular weight excluding hydrogens is 540 g/mol. The van der Waals surface area contributed by atoms with E-state index in [-0.39, 0.29) is 36.1 Å². The van der Waals surface area contributed by atoms with Crippen molar-refractivity contribution >= 4 is 23.9 Å². The standard InChI is InChI=1S/C33H48O9/c1-10-13-28(36)41-27-16-21(6)32(9,15-14-19(4)11-2)26-18-24(40-29(37)20(5)12-3)17-25-30(38-22(7)34)42-31(33(25,26)27)39-23(8)35/h11,17,20-21,24,26-27,30-31H,2,4,10,12-16,18H2,1,3,5-9H3/t20-,21-,24+,26+,27+,30+,31-,32-,33-/m0/s1. The summed E-state index contributed by atoms with van der Waals surface area (Å²) < 4.78 is 30.0. The Hall–Kier alpha value is -2.94. The molecule has 0 N–H and O–H groups in total. The lowest BCUT2D eigenvalue weighted by molar-refractivity contribution is -0.258. The van der Waals surface area contributed by atoms with Crippen LogP contribution in [0.3, 0.4) is 0 Å². The molecule has 234 valence electrons. The first-order chi connectivity index (χ1) is 19.7. The molecule has 1 saturated heterocycles. The summed E-state index contributed by atoms with van der Waals surface area (Å²) in [6, 6.07) is 0. The zero-order valence-electron chi connectivity index (χ0n) is 26.2. The summed E-state index contributed by atoms with van der Waals surface area (Å²) in [5, 5.41) is 0. The first kappa shape index (κ1) is 33.6. The molecule has 0 amide bonds. The Morgan fingerprint density at radius 2 is 1.74 bits per heavy atom. The summed E-state index contributed by atoms with van der Waals surface area (Å²) in [7, 11) is 0. The fourth-order valence-corrected chi connectivity index (χ4v) is 6.98. The van der Waals surface area contributed by atoms with Gasteiger partial charge in [-0.25, -0.2) is 0 Å². The van der Waals surface area contributed by atoms with Crippen molar-refractivity contribution in [3.8, 4) is 0 Å². The van der Waals surface area contributed by atoms with Crippen LogP contribution in [-0.4, -0.2) is 48.7 Å². The van der Waals surface area contributed by atoms with Crippen molar-refractivity contribution in [1.82, 2.24) is 0 Å². The Balaban J connectivity index is 2.28. The molecule has 2 aliphatic carbocycles. The molecule has 3 aliphatic rings. The Morgan fingerprint density at radius 3 is 2.31 bits per heavy atom.